The van der Waals surface area contributed by atoms with Gasteiger partial charge in [0.1, 0.15) is 5.82 Å². The van der Waals surface area contributed by atoms with E-state index in [-0.39, 0.29) is 23.7 Å². The molecule has 0 radical (unpaired) electrons. The van der Waals surface area contributed by atoms with Gasteiger partial charge >= 0.3 is 0 Å². The van der Waals surface area contributed by atoms with Gasteiger partial charge in [-0.15, -0.1) is 11.3 Å². The Morgan fingerprint density at radius 1 is 1.00 bits per heavy atom. The maximum absolute atomic E-state index is 14.0. The van der Waals surface area contributed by atoms with Gasteiger partial charge in [-0.2, -0.15) is 0 Å². The van der Waals surface area contributed by atoms with Crippen molar-refractivity contribution in [3.8, 4) is 0 Å². The molecule has 5 nitrogen and oxygen atoms in total. The fraction of sp³-hybridized carbons (Fsp3) is 0.538. The molecule has 178 valence electrons. The molecule has 2 aromatic rings. The van der Waals surface area contributed by atoms with Crippen LogP contribution in [0, 0.1) is 5.82 Å². The number of hydrogen-bond acceptors (Lipinski definition) is 4. The minimum absolute atomic E-state index is 0.0881. The Hall–Kier alpha value is -2.25. The fourth-order valence-electron chi connectivity index (χ4n) is 4.95. The number of amides is 2. The molecule has 0 N–H and O–H groups in total. The highest BCUT2D eigenvalue weighted by Crippen LogP contribution is 2.37. The molecule has 7 heteroatoms. The lowest BCUT2D eigenvalue weighted by Gasteiger charge is -2.39. The van der Waals surface area contributed by atoms with Crippen molar-refractivity contribution in [3.63, 3.8) is 0 Å². The molecule has 0 bridgehead atoms. The van der Waals surface area contributed by atoms with Crippen molar-refractivity contribution in [2.45, 2.75) is 51.5 Å². The molecule has 0 unspecified atom stereocenters. The minimum atomic E-state index is -0.253. The number of hydrogen-bond donors (Lipinski definition) is 0. The Balaban J connectivity index is 1.36. The predicted octanol–water partition coefficient (Wildman–Crippen LogP) is 4.48. The second kappa shape index (κ2) is 11.3. The van der Waals surface area contributed by atoms with Crippen LogP contribution in [-0.2, 0) is 16.0 Å². The van der Waals surface area contributed by atoms with E-state index in [1.807, 2.05) is 15.9 Å². The average molecular weight is 472 g/mol. The van der Waals surface area contributed by atoms with Crippen molar-refractivity contribution >= 4 is 23.2 Å². The van der Waals surface area contributed by atoms with E-state index in [4.69, 9.17) is 0 Å². The SMILES string of the molecule is CCCCCCC(=O)N1CCN(C(=O)CN2CCc3sccc3[C@@H]2c2cccc(F)c2)CC1. The van der Waals surface area contributed by atoms with Crippen molar-refractivity contribution in [3.05, 3.63) is 57.5 Å². The van der Waals surface area contributed by atoms with Gasteiger partial charge < -0.3 is 9.80 Å². The summed E-state index contributed by atoms with van der Waals surface area (Å²) in [6.07, 6.45) is 5.92. The quantitative estimate of drug-likeness (QED) is 0.534. The number of thiophene rings is 1. The maximum atomic E-state index is 14.0. The van der Waals surface area contributed by atoms with E-state index in [0.717, 1.165) is 31.4 Å². The standard InChI is InChI=1S/C26H34FN3O2S/c1-2-3-4-5-9-24(31)28-13-15-29(16-14-28)25(32)19-30-12-10-23-22(11-17-33-23)26(30)20-7-6-8-21(27)18-20/h6-8,11,17-18,26H,2-5,9-10,12-16,19H2,1H3/t26-/m0/s1. The van der Waals surface area contributed by atoms with Gasteiger partial charge in [-0.3, -0.25) is 14.5 Å². The normalized spacial score (nSPS) is 18.9. The molecule has 2 aliphatic rings. The van der Waals surface area contributed by atoms with Crippen molar-refractivity contribution in [1.82, 2.24) is 14.7 Å². The molecular formula is C26H34FN3O2S. The van der Waals surface area contributed by atoms with Crippen LogP contribution in [0.3, 0.4) is 0 Å². The van der Waals surface area contributed by atoms with Crippen LogP contribution in [0.25, 0.3) is 0 Å². The molecule has 1 aromatic heterocycles. The van der Waals surface area contributed by atoms with Crippen LogP contribution in [0.2, 0.25) is 0 Å². The summed E-state index contributed by atoms with van der Waals surface area (Å²) in [7, 11) is 0. The van der Waals surface area contributed by atoms with Crippen molar-refractivity contribution in [2.24, 2.45) is 0 Å². The number of nitrogens with zero attached hydrogens (tertiary/aromatic N) is 3. The van der Waals surface area contributed by atoms with Crippen molar-refractivity contribution in [1.29, 1.82) is 0 Å². The summed E-state index contributed by atoms with van der Waals surface area (Å²) in [6, 6.07) is 8.73. The number of benzene rings is 1. The Morgan fingerprint density at radius 3 is 2.48 bits per heavy atom. The lowest BCUT2D eigenvalue weighted by atomic mass is 9.93. The lowest BCUT2D eigenvalue weighted by Crippen LogP contribution is -2.53. The van der Waals surface area contributed by atoms with E-state index < -0.39 is 0 Å². The average Bonchev–Trinajstić information content (AvgIpc) is 3.30. The molecule has 1 aromatic carbocycles. The van der Waals surface area contributed by atoms with Crippen LogP contribution in [0.4, 0.5) is 4.39 Å². The Morgan fingerprint density at radius 2 is 1.76 bits per heavy atom. The maximum Gasteiger partial charge on any atom is 0.236 e. The third kappa shape index (κ3) is 5.82. The van der Waals surface area contributed by atoms with Crippen LogP contribution >= 0.6 is 11.3 Å². The molecular weight excluding hydrogens is 437 g/mol. The summed E-state index contributed by atoms with van der Waals surface area (Å²) in [5.41, 5.74) is 2.07. The number of halogens is 1. The minimum Gasteiger partial charge on any atom is -0.339 e. The third-order valence-electron chi connectivity index (χ3n) is 6.80. The molecule has 1 atom stereocenters. The number of piperazine rings is 1. The lowest BCUT2D eigenvalue weighted by molar-refractivity contribution is -0.140. The first-order valence-electron chi connectivity index (χ1n) is 12.2. The molecule has 3 heterocycles. The smallest absolute Gasteiger partial charge is 0.236 e. The third-order valence-corrected chi connectivity index (χ3v) is 7.79. The molecule has 0 aliphatic carbocycles. The zero-order valence-corrected chi connectivity index (χ0v) is 20.3. The van der Waals surface area contributed by atoms with Gasteiger partial charge in [0.05, 0.1) is 12.6 Å². The van der Waals surface area contributed by atoms with Gasteiger partial charge in [0.2, 0.25) is 11.8 Å². The zero-order chi connectivity index (χ0) is 23.2. The van der Waals surface area contributed by atoms with Crippen LogP contribution < -0.4 is 0 Å². The summed E-state index contributed by atoms with van der Waals surface area (Å²) in [5.74, 6) is 0.0483. The van der Waals surface area contributed by atoms with E-state index in [2.05, 4.69) is 23.3 Å². The molecule has 0 spiro atoms. The van der Waals surface area contributed by atoms with Crippen LogP contribution in [0.5, 0.6) is 0 Å². The highest BCUT2D eigenvalue weighted by Gasteiger charge is 2.33. The Kier molecular flexibility index (Phi) is 8.15. The topological polar surface area (TPSA) is 43.9 Å². The highest BCUT2D eigenvalue weighted by atomic mass is 32.1. The van der Waals surface area contributed by atoms with E-state index >= 15 is 0 Å². The van der Waals surface area contributed by atoms with Gasteiger partial charge in [-0.25, -0.2) is 4.39 Å². The molecule has 1 fully saturated rings. The summed E-state index contributed by atoms with van der Waals surface area (Å²) in [5, 5.41) is 2.08. The van der Waals surface area contributed by atoms with Gasteiger partial charge in [0, 0.05) is 44.0 Å². The molecule has 2 amide bonds. The zero-order valence-electron chi connectivity index (χ0n) is 19.5. The Labute approximate surface area is 200 Å². The second-order valence-electron chi connectivity index (χ2n) is 9.05. The number of carbonyl (C=O) groups is 2. The fourth-order valence-corrected chi connectivity index (χ4v) is 5.85. The van der Waals surface area contributed by atoms with Gasteiger partial charge in [-0.05, 0) is 47.5 Å². The summed E-state index contributed by atoms with van der Waals surface area (Å²) in [6.45, 7) is 5.64. The van der Waals surface area contributed by atoms with E-state index in [1.54, 1.807) is 23.5 Å². The number of fused-ring (bicyclic) bond motifs is 1. The molecule has 33 heavy (non-hydrogen) atoms. The first kappa shape index (κ1) is 23.9. The van der Waals surface area contributed by atoms with Crippen LogP contribution in [-0.4, -0.2) is 65.8 Å². The first-order valence-corrected chi connectivity index (χ1v) is 13.1. The van der Waals surface area contributed by atoms with Crippen LogP contribution in [0.1, 0.15) is 61.1 Å². The van der Waals surface area contributed by atoms with Crippen LogP contribution in [0.15, 0.2) is 35.7 Å². The van der Waals surface area contributed by atoms with Gasteiger partial charge in [-0.1, -0.05) is 38.3 Å². The predicted molar refractivity (Wildman–Crippen MR) is 130 cm³/mol. The van der Waals surface area contributed by atoms with Crippen molar-refractivity contribution < 1.29 is 14.0 Å². The summed E-state index contributed by atoms with van der Waals surface area (Å²) < 4.78 is 14.0. The van der Waals surface area contributed by atoms with E-state index in [9.17, 15) is 14.0 Å². The molecule has 2 aliphatic heterocycles. The monoisotopic (exact) mass is 471 g/mol. The number of unbranched alkanes of at least 4 members (excludes halogenated alkanes) is 3. The molecule has 0 saturated carbocycles. The first-order chi connectivity index (χ1) is 16.1. The Bertz CT molecular complexity index is 955. The molecule has 4 rings (SSSR count). The number of carbonyl (C=O) groups excluding carboxylic acids is 2. The molecule has 1 saturated heterocycles. The number of rotatable bonds is 8. The van der Waals surface area contributed by atoms with E-state index in [0.29, 0.717) is 39.1 Å². The summed E-state index contributed by atoms with van der Waals surface area (Å²) in [4.78, 5) is 32.9. The van der Waals surface area contributed by atoms with E-state index in [1.165, 1.54) is 29.3 Å². The summed E-state index contributed by atoms with van der Waals surface area (Å²) >= 11 is 1.73. The van der Waals surface area contributed by atoms with Crippen molar-refractivity contribution in [2.75, 3.05) is 39.3 Å². The highest BCUT2D eigenvalue weighted by molar-refractivity contribution is 7.10. The largest absolute Gasteiger partial charge is 0.339 e. The second-order valence-corrected chi connectivity index (χ2v) is 10.1. The van der Waals surface area contributed by atoms with Gasteiger partial charge in [0.15, 0.2) is 0 Å². The van der Waals surface area contributed by atoms with Gasteiger partial charge in [0.25, 0.3) is 0 Å².